The van der Waals surface area contributed by atoms with Crippen molar-refractivity contribution in [2.24, 2.45) is 0 Å². The third kappa shape index (κ3) is 3.23. The molecule has 0 spiro atoms. The number of aromatic amines is 1. The first-order valence-electron chi connectivity index (χ1n) is 5.96. The number of H-pyrrole nitrogens is 1. The summed E-state index contributed by atoms with van der Waals surface area (Å²) in [6.45, 7) is 2.11. The smallest absolute Gasteiger partial charge is 0.317 e. The molecule has 0 aliphatic rings. The summed E-state index contributed by atoms with van der Waals surface area (Å²) in [5.74, 6) is 5.29. The van der Waals surface area contributed by atoms with Crippen molar-refractivity contribution < 1.29 is 9.53 Å². The predicted octanol–water partition coefficient (Wildman–Crippen LogP) is 1.83. The second-order valence-corrected chi connectivity index (χ2v) is 3.89. The van der Waals surface area contributed by atoms with Crippen molar-refractivity contribution in [1.82, 2.24) is 4.98 Å². The molecule has 1 aromatic carbocycles. The molecule has 0 saturated heterocycles. The van der Waals surface area contributed by atoms with Crippen LogP contribution in [-0.4, -0.2) is 17.6 Å². The largest absolute Gasteiger partial charge is 0.465 e. The Kier molecular flexibility index (Phi) is 3.99. The van der Waals surface area contributed by atoms with Crippen LogP contribution in [0.15, 0.2) is 35.3 Å². The molecule has 0 aliphatic carbocycles. The monoisotopic (exact) mass is 255 g/mol. The van der Waals surface area contributed by atoms with Gasteiger partial charge in [0.2, 0.25) is 0 Å². The maximum atomic E-state index is 11.5. The van der Waals surface area contributed by atoms with E-state index in [1.165, 1.54) is 6.07 Å². The predicted molar refractivity (Wildman–Crippen MR) is 72.7 cm³/mol. The van der Waals surface area contributed by atoms with Crippen molar-refractivity contribution in [3.63, 3.8) is 0 Å². The van der Waals surface area contributed by atoms with Crippen molar-refractivity contribution >= 4 is 16.9 Å². The van der Waals surface area contributed by atoms with Crippen LogP contribution in [0.25, 0.3) is 10.9 Å². The number of rotatable bonds is 2. The van der Waals surface area contributed by atoms with Gasteiger partial charge >= 0.3 is 5.97 Å². The lowest BCUT2D eigenvalue weighted by Gasteiger charge is -1.97. The zero-order valence-corrected chi connectivity index (χ0v) is 10.5. The normalized spacial score (nSPS) is 9.74. The van der Waals surface area contributed by atoms with Crippen molar-refractivity contribution in [2.45, 2.75) is 13.3 Å². The molecule has 2 rings (SSSR count). The minimum absolute atomic E-state index is 0.0280. The van der Waals surface area contributed by atoms with Crippen LogP contribution in [0.5, 0.6) is 0 Å². The summed E-state index contributed by atoms with van der Waals surface area (Å²) in [6, 6.07) is 6.75. The number of carbonyl (C=O) groups excluding carboxylic acids is 1. The minimum atomic E-state index is -0.329. The summed E-state index contributed by atoms with van der Waals surface area (Å²) in [6.07, 6.45) is 1.66. The molecule has 0 aliphatic heterocycles. The SMILES string of the molecule is CCOC(=O)CC#Cc1ccc2c(=O)cc[nH]c2c1. The molecule has 1 N–H and O–H groups in total. The zero-order chi connectivity index (χ0) is 13.7. The van der Waals surface area contributed by atoms with E-state index in [0.29, 0.717) is 12.0 Å². The van der Waals surface area contributed by atoms with Crippen LogP contribution in [0.4, 0.5) is 0 Å². The van der Waals surface area contributed by atoms with E-state index in [1.807, 2.05) is 0 Å². The molecule has 2 aromatic rings. The maximum absolute atomic E-state index is 11.5. The van der Waals surface area contributed by atoms with Crippen molar-refractivity contribution in [2.75, 3.05) is 6.61 Å². The Morgan fingerprint density at radius 3 is 3.00 bits per heavy atom. The Hall–Kier alpha value is -2.54. The number of benzene rings is 1. The fourth-order valence-corrected chi connectivity index (χ4v) is 1.68. The molecule has 4 nitrogen and oxygen atoms in total. The molecule has 0 saturated carbocycles. The number of nitrogens with one attached hydrogen (secondary N) is 1. The quantitative estimate of drug-likeness (QED) is 0.658. The van der Waals surface area contributed by atoms with Crippen LogP contribution >= 0.6 is 0 Å². The van der Waals surface area contributed by atoms with Crippen molar-refractivity contribution in [1.29, 1.82) is 0 Å². The van der Waals surface area contributed by atoms with Gasteiger partial charge in [-0.15, -0.1) is 0 Å². The summed E-state index contributed by atoms with van der Waals surface area (Å²) in [7, 11) is 0. The van der Waals surface area contributed by atoms with Gasteiger partial charge in [0.1, 0.15) is 6.42 Å². The number of aromatic nitrogens is 1. The molecule has 19 heavy (non-hydrogen) atoms. The Labute approximate surface area is 110 Å². The number of hydrogen-bond acceptors (Lipinski definition) is 3. The fraction of sp³-hybridized carbons (Fsp3) is 0.200. The summed E-state index contributed by atoms with van der Waals surface area (Å²) in [5, 5.41) is 0.624. The number of pyridine rings is 1. The Bertz CT molecular complexity index is 719. The van der Waals surface area contributed by atoms with Gasteiger partial charge in [-0.1, -0.05) is 11.8 Å². The van der Waals surface area contributed by atoms with Gasteiger partial charge in [0.25, 0.3) is 0 Å². The van der Waals surface area contributed by atoms with E-state index in [4.69, 9.17) is 4.74 Å². The number of carbonyl (C=O) groups is 1. The molecule has 0 unspecified atom stereocenters. The first-order valence-corrected chi connectivity index (χ1v) is 5.96. The molecular formula is C15H13NO3. The Morgan fingerprint density at radius 1 is 1.37 bits per heavy atom. The van der Waals surface area contributed by atoms with E-state index in [9.17, 15) is 9.59 Å². The first kappa shape index (κ1) is 12.9. The van der Waals surface area contributed by atoms with Gasteiger partial charge < -0.3 is 9.72 Å². The molecule has 4 heteroatoms. The van der Waals surface area contributed by atoms with Crippen LogP contribution < -0.4 is 5.43 Å². The van der Waals surface area contributed by atoms with Gasteiger partial charge in [-0.2, -0.15) is 0 Å². The summed E-state index contributed by atoms with van der Waals surface area (Å²) >= 11 is 0. The molecule has 0 bridgehead atoms. The van der Waals surface area contributed by atoms with Crippen LogP contribution in [0.3, 0.4) is 0 Å². The number of fused-ring (bicyclic) bond motifs is 1. The van der Waals surface area contributed by atoms with E-state index in [2.05, 4.69) is 16.8 Å². The van der Waals surface area contributed by atoms with E-state index in [-0.39, 0.29) is 17.8 Å². The van der Waals surface area contributed by atoms with Crippen LogP contribution in [0.2, 0.25) is 0 Å². The molecule has 0 radical (unpaired) electrons. The second-order valence-electron chi connectivity index (χ2n) is 3.89. The van der Waals surface area contributed by atoms with Gasteiger partial charge in [0.15, 0.2) is 5.43 Å². The van der Waals surface area contributed by atoms with Gasteiger partial charge in [-0.25, -0.2) is 0 Å². The van der Waals surface area contributed by atoms with Gasteiger partial charge in [0, 0.05) is 23.2 Å². The number of esters is 1. The fourth-order valence-electron chi connectivity index (χ4n) is 1.68. The topological polar surface area (TPSA) is 59.2 Å². The lowest BCUT2D eigenvalue weighted by atomic mass is 10.1. The molecule has 1 aromatic heterocycles. The highest BCUT2D eigenvalue weighted by molar-refractivity contribution is 5.79. The molecule has 0 fully saturated rings. The molecular weight excluding hydrogens is 242 g/mol. The zero-order valence-electron chi connectivity index (χ0n) is 10.5. The van der Waals surface area contributed by atoms with Gasteiger partial charge in [-0.05, 0) is 25.1 Å². The summed E-state index contributed by atoms with van der Waals surface area (Å²) < 4.78 is 4.78. The third-order valence-electron chi connectivity index (χ3n) is 2.53. The molecule has 0 atom stereocenters. The van der Waals surface area contributed by atoms with Crippen LogP contribution in [-0.2, 0) is 9.53 Å². The van der Waals surface area contributed by atoms with E-state index in [0.717, 1.165) is 11.1 Å². The average molecular weight is 255 g/mol. The average Bonchev–Trinajstić information content (AvgIpc) is 2.39. The second kappa shape index (κ2) is 5.87. The Balaban J connectivity index is 2.21. The third-order valence-corrected chi connectivity index (χ3v) is 2.53. The van der Waals surface area contributed by atoms with Crippen LogP contribution in [0, 0.1) is 11.8 Å². The number of hydrogen-bond donors (Lipinski definition) is 1. The van der Waals surface area contributed by atoms with Crippen molar-refractivity contribution in [3.8, 4) is 11.8 Å². The van der Waals surface area contributed by atoms with E-state index in [1.54, 1.807) is 31.3 Å². The standard InChI is InChI=1S/C15H13NO3/c1-2-19-15(18)5-3-4-11-6-7-12-13(10-11)16-9-8-14(12)17/h6-10H,2,5H2,1H3,(H,16,17). The highest BCUT2D eigenvalue weighted by atomic mass is 16.5. The highest BCUT2D eigenvalue weighted by Crippen LogP contribution is 2.08. The first-order chi connectivity index (χ1) is 9.20. The molecule has 0 amide bonds. The van der Waals surface area contributed by atoms with E-state index < -0.39 is 0 Å². The molecule has 96 valence electrons. The number of ether oxygens (including phenoxy) is 1. The summed E-state index contributed by atoms with van der Waals surface area (Å²) in [4.78, 5) is 25.7. The Morgan fingerprint density at radius 2 is 2.21 bits per heavy atom. The van der Waals surface area contributed by atoms with Crippen molar-refractivity contribution in [3.05, 3.63) is 46.2 Å². The van der Waals surface area contributed by atoms with Crippen LogP contribution in [0.1, 0.15) is 18.9 Å². The minimum Gasteiger partial charge on any atom is -0.465 e. The maximum Gasteiger partial charge on any atom is 0.317 e. The lowest BCUT2D eigenvalue weighted by Crippen LogP contribution is -2.01. The van der Waals surface area contributed by atoms with Gasteiger partial charge in [0.05, 0.1) is 12.1 Å². The van der Waals surface area contributed by atoms with E-state index >= 15 is 0 Å². The summed E-state index contributed by atoms with van der Waals surface area (Å²) in [5.41, 5.74) is 1.45. The highest BCUT2D eigenvalue weighted by Gasteiger charge is 1.99. The van der Waals surface area contributed by atoms with Gasteiger partial charge in [-0.3, -0.25) is 9.59 Å². The molecule has 1 heterocycles. The lowest BCUT2D eigenvalue weighted by molar-refractivity contribution is -0.141.